The lowest BCUT2D eigenvalue weighted by molar-refractivity contribution is 0.0999. The summed E-state index contributed by atoms with van der Waals surface area (Å²) in [4.78, 5) is 11.6. The van der Waals surface area contributed by atoms with E-state index in [0.29, 0.717) is 5.56 Å². The molecule has 4 aliphatic rings. The van der Waals surface area contributed by atoms with Gasteiger partial charge in [-0.2, -0.15) is 0 Å². The van der Waals surface area contributed by atoms with Crippen molar-refractivity contribution >= 4 is 5.91 Å². The smallest absolute Gasteiger partial charge is 0.248 e. The van der Waals surface area contributed by atoms with Crippen molar-refractivity contribution in [2.45, 2.75) is 25.7 Å². The Kier molecular flexibility index (Phi) is 3.08. The topological polar surface area (TPSA) is 43.1 Å². The summed E-state index contributed by atoms with van der Waals surface area (Å²) in [5.41, 5.74) is 11.1. The number of nitrogens with two attached hydrogens (primary N) is 1. The molecule has 6 rings (SSSR count). The van der Waals surface area contributed by atoms with Gasteiger partial charge in [-0.25, -0.2) is 0 Å². The Balaban J connectivity index is 2.03. The quantitative estimate of drug-likeness (QED) is 0.832. The predicted octanol–water partition coefficient (Wildman–Crippen LogP) is 2.67. The highest BCUT2D eigenvalue weighted by atomic mass is 16.1. The molecule has 2 aromatic carbocycles. The zero-order valence-electron chi connectivity index (χ0n) is 10.9. The minimum atomic E-state index is -0.317. The lowest BCUT2D eigenvalue weighted by Gasteiger charge is -2.12. The van der Waals surface area contributed by atoms with E-state index in [1.807, 2.05) is 6.07 Å². The van der Waals surface area contributed by atoms with Crippen LogP contribution in [-0.4, -0.2) is 5.91 Å². The molecule has 2 N–H and O–H groups in total. The summed E-state index contributed by atoms with van der Waals surface area (Å²) in [6, 6.07) is 14.9. The number of hydrogen-bond donors (Lipinski definition) is 1. The van der Waals surface area contributed by atoms with Gasteiger partial charge < -0.3 is 5.73 Å². The number of aryl methyl sites for hydroxylation is 4. The maximum atomic E-state index is 11.6. The first-order valence-electron chi connectivity index (χ1n) is 6.72. The van der Waals surface area contributed by atoms with Crippen molar-refractivity contribution in [3.8, 4) is 0 Å². The molecular weight excluding hydrogens is 234 g/mol. The van der Waals surface area contributed by atoms with Gasteiger partial charge in [0.2, 0.25) is 5.91 Å². The van der Waals surface area contributed by atoms with Crippen molar-refractivity contribution in [3.63, 3.8) is 0 Å². The molecule has 2 heteroatoms. The van der Waals surface area contributed by atoms with E-state index in [-0.39, 0.29) is 5.91 Å². The highest BCUT2D eigenvalue weighted by molar-refractivity contribution is 5.94. The van der Waals surface area contributed by atoms with E-state index in [9.17, 15) is 4.79 Å². The molecule has 19 heavy (non-hydrogen) atoms. The van der Waals surface area contributed by atoms with Crippen molar-refractivity contribution in [3.05, 3.63) is 70.3 Å². The number of hydrogen-bond acceptors (Lipinski definition) is 1. The average molecular weight is 251 g/mol. The Morgan fingerprint density at radius 2 is 1.32 bits per heavy atom. The molecule has 0 fully saturated rings. The summed E-state index contributed by atoms with van der Waals surface area (Å²) in [7, 11) is 0. The van der Waals surface area contributed by atoms with Crippen LogP contribution < -0.4 is 5.73 Å². The van der Waals surface area contributed by atoms with Crippen LogP contribution in [0.1, 0.15) is 32.6 Å². The Morgan fingerprint density at radius 1 is 0.789 bits per heavy atom. The third-order valence-corrected chi connectivity index (χ3v) is 3.85. The van der Waals surface area contributed by atoms with Crippen molar-refractivity contribution in [2.24, 2.45) is 5.73 Å². The van der Waals surface area contributed by atoms with Crippen molar-refractivity contribution < 1.29 is 4.79 Å². The summed E-state index contributed by atoms with van der Waals surface area (Å²) in [6.07, 6.45) is 3.75. The van der Waals surface area contributed by atoms with Crippen molar-refractivity contribution in [1.29, 1.82) is 0 Å². The van der Waals surface area contributed by atoms with Crippen LogP contribution in [0.2, 0.25) is 0 Å². The van der Waals surface area contributed by atoms with Crippen LogP contribution in [0.4, 0.5) is 0 Å². The summed E-state index contributed by atoms with van der Waals surface area (Å²) in [5, 5.41) is 0. The third-order valence-electron chi connectivity index (χ3n) is 3.85. The van der Waals surface area contributed by atoms with E-state index >= 15 is 0 Å². The Bertz CT molecular complexity index is 614. The van der Waals surface area contributed by atoms with E-state index in [0.717, 1.165) is 31.2 Å². The Morgan fingerprint density at radius 3 is 1.95 bits per heavy atom. The molecule has 96 valence electrons. The summed E-state index contributed by atoms with van der Waals surface area (Å²) < 4.78 is 0. The van der Waals surface area contributed by atoms with E-state index in [2.05, 4.69) is 36.4 Å². The monoisotopic (exact) mass is 251 g/mol. The fourth-order valence-electron chi connectivity index (χ4n) is 2.67. The molecule has 0 aromatic heterocycles. The second-order valence-electron chi connectivity index (χ2n) is 5.17. The van der Waals surface area contributed by atoms with Gasteiger partial charge in [-0.3, -0.25) is 4.79 Å². The first-order chi connectivity index (χ1) is 9.22. The molecule has 0 radical (unpaired) electrons. The molecule has 0 saturated heterocycles. The highest BCUT2D eigenvalue weighted by Crippen LogP contribution is 2.18. The minimum absolute atomic E-state index is 0.317. The molecule has 0 saturated carbocycles. The van der Waals surface area contributed by atoms with Crippen molar-refractivity contribution in [1.82, 2.24) is 0 Å². The number of primary amides is 1. The largest absolute Gasteiger partial charge is 0.366 e. The standard InChI is InChI=1S/C17H17NO/c18-17(19)16-11-14-6-5-12-1-3-13(4-2-12)7-9-15(16)10-8-14/h1-4,8,10-11H,5-7,9H2,(H2,18,19). The first kappa shape index (κ1) is 12.0. The SMILES string of the molecule is NC(=O)c1cc2ccc1CCc1ccc(cc1)CC2. The van der Waals surface area contributed by atoms with Gasteiger partial charge in [-0.05, 0) is 54.0 Å². The fraction of sp³-hybridized carbons (Fsp3) is 0.235. The van der Waals surface area contributed by atoms with E-state index in [4.69, 9.17) is 5.73 Å². The van der Waals surface area contributed by atoms with Crippen LogP contribution >= 0.6 is 0 Å². The van der Waals surface area contributed by atoms with Gasteiger partial charge >= 0.3 is 0 Å². The van der Waals surface area contributed by atoms with Crippen LogP contribution in [0.15, 0.2) is 42.5 Å². The van der Waals surface area contributed by atoms with Gasteiger partial charge in [0, 0.05) is 5.56 Å². The number of benzene rings is 2. The van der Waals surface area contributed by atoms with E-state index in [1.54, 1.807) is 0 Å². The third kappa shape index (κ3) is 2.53. The molecule has 2 nitrogen and oxygen atoms in total. The van der Waals surface area contributed by atoms with E-state index in [1.165, 1.54) is 16.7 Å². The van der Waals surface area contributed by atoms with Gasteiger partial charge in [0.25, 0.3) is 0 Å². The first-order valence-corrected chi connectivity index (χ1v) is 6.72. The maximum Gasteiger partial charge on any atom is 0.248 e. The number of amides is 1. The zero-order valence-corrected chi connectivity index (χ0v) is 10.9. The molecule has 0 aliphatic heterocycles. The second-order valence-corrected chi connectivity index (χ2v) is 5.17. The van der Waals surface area contributed by atoms with Crippen LogP contribution in [0, 0.1) is 0 Å². The number of carbonyl (C=O) groups is 1. The zero-order chi connectivity index (χ0) is 13.2. The Hall–Kier alpha value is -2.09. The second kappa shape index (κ2) is 4.88. The minimum Gasteiger partial charge on any atom is -0.366 e. The van der Waals surface area contributed by atoms with Crippen LogP contribution in [0.3, 0.4) is 0 Å². The van der Waals surface area contributed by atoms with Gasteiger partial charge in [0.05, 0.1) is 0 Å². The summed E-state index contributed by atoms with van der Waals surface area (Å²) >= 11 is 0. The number of rotatable bonds is 1. The molecule has 0 spiro atoms. The predicted molar refractivity (Wildman–Crippen MR) is 76.2 cm³/mol. The van der Waals surface area contributed by atoms with Gasteiger partial charge in [-0.15, -0.1) is 0 Å². The summed E-state index contributed by atoms with van der Waals surface area (Å²) in [6.45, 7) is 0. The highest BCUT2D eigenvalue weighted by Gasteiger charge is 2.11. The molecule has 2 aromatic rings. The number of carbonyl (C=O) groups excluding carboxylic acids is 1. The normalized spacial score (nSPS) is 13.9. The summed E-state index contributed by atoms with van der Waals surface area (Å²) in [5.74, 6) is -0.317. The van der Waals surface area contributed by atoms with Crippen LogP contribution in [0.25, 0.3) is 0 Å². The Labute approximate surface area is 113 Å². The molecule has 4 aliphatic carbocycles. The van der Waals surface area contributed by atoms with Crippen LogP contribution in [-0.2, 0) is 25.7 Å². The van der Waals surface area contributed by atoms with E-state index < -0.39 is 0 Å². The van der Waals surface area contributed by atoms with Gasteiger partial charge in [-0.1, -0.05) is 36.4 Å². The molecular formula is C17H17NO. The van der Waals surface area contributed by atoms with Gasteiger partial charge in [0.1, 0.15) is 0 Å². The molecule has 1 amide bonds. The molecule has 4 bridgehead atoms. The lowest BCUT2D eigenvalue weighted by Crippen LogP contribution is -2.15. The molecule has 0 heterocycles. The van der Waals surface area contributed by atoms with Crippen molar-refractivity contribution in [2.75, 3.05) is 0 Å². The lowest BCUT2D eigenvalue weighted by atomic mass is 9.93. The molecule has 0 atom stereocenters. The van der Waals surface area contributed by atoms with Gasteiger partial charge in [0.15, 0.2) is 0 Å². The van der Waals surface area contributed by atoms with Crippen LogP contribution in [0.5, 0.6) is 0 Å². The average Bonchev–Trinajstić information content (AvgIpc) is 2.41. The maximum absolute atomic E-state index is 11.6. The molecule has 0 unspecified atom stereocenters. The fourth-order valence-corrected chi connectivity index (χ4v) is 2.67.